The largest absolute Gasteiger partial charge is 0.357 e. The third kappa shape index (κ3) is 9.69. The van der Waals surface area contributed by atoms with E-state index in [0.717, 1.165) is 50.4 Å². The highest BCUT2D eigenvalue weighted by molar-refractivity contribution is 14.0. The number of rotatable bonds is 9. The van der Waals surface area contributed by atoms with Crippen LogP contribution in [0.3, 0.4) is 0 Å². The number of aliphatic imine (C=N–C) groups is 1. The number of guanidine groups is 1. The summed E-state index contributed by atoms with van der Waals surface area (Å²) in [4.78, 5) is 14.8. The summed E-state index contributed by atoms with van der Waals surface area (Å²) in [6, 6.07) is 6.80. The van der Waals surface area contributed by atoms with Gasteiger partial charge in [0, 0.05) is 31.8 Å². The number of aryl methyl sites for hydroxylation is 1. The van der Waals surface area contributed by atoms with Gasteiger partial charge in [-0.1, -0.05) is 26.0 Å². The van der Waals surface area contributed by atoms with E-state index in [1.807, 2.05) is 12.1 Å². The van der Waals surface area contributed by atoms with Gasteiger partial charge in [0.15, 0.2) is 5.96 Å². The molecule has 1 aromatic rings. The number of unbranched alkanes of at least 4 members (excludes halogenated alkanes) is 1. The van der Waals surface area contributed by atoms with Crippen molar-refractivity contribution in [1.82, 2.24) is 10.6 Å². The maximum absolute atomic E-state index is 10.6. The highest BCUT2D eigenvalue weighted by atomic mass is 127. The van der Waals surface area contributed by atoms with Crippen LogP contribution in [0.2, 0.25) is 0 Å². The molecule has 0 aliphatic heterocycles. The van der Waals surface area contributed by atoms with Gasteiger partial charge in [-0.2, -0.15) is 0 Å². The van der Waals surface area contributed by atoms with Crippen molar-refractivity contribution < 1.29 is 4.92 Å². The highest BCUT2D eigenvalue weighted by Crippen LogP contribution is 2.13. The predicted molar refractivity (Wildman–Crippen MR) is 110 cm³/mol. The first-order valence-corrected chi connectivity index (χ1v) is 8.28. The summed E-state index contributed by atoms with van der Waals surface area (Å²) in [5.41, 5.74) is 1.28. The van der Waals surface area contributed by atoms with Gasteiger partial charge in [0.05, 0.1) is 4.92 Å². The monoisotopic (exact) mass is 448 g/mol. The van der Waals surface area contributed by atoms with Crippen LogP contribution in [-0.2, 0) is 6.42 Å². The van der Waals surface area contributed by atoms with Crippen molar-refractivity contribution in [1.29, 1.82) is 0 Å². The van der Waals surface area contributed by atoms with Gasteiger partial charge < -0.3 is 10.6 Å². The lowest BCUT2D eigenvalue weighted by Crippen LogP contribution is -2.38. The Hall–Kier alpha value is -1.38. The molecule has 0 unspecified atom stereocenters. The average molecular weight is 448 g/mol. The second kappa shape index (κ2) is 13.0. The molecule has 6 nitrogen and oxygen atoms in total. The molecule has 0 radical (unpaired) electrons. The summed E-state index contributed by atoms with van der Waals surface area (Å²) in [5, 5.41) is 17.2. The smallest absolute Gasteiger partial charge is 0.269 e. The van der Waals surface area contributed by atoms with E-state index in [-0.39, 0.29) is 34.6 Å². The number of nitrogens with zero attached hydrogens (tertiary/aromatic N) is 2. The maximum Gasteiger partial charge on any atom is 0.269 e. The molecule has 0 saturated carbocycles. The quantitative estimate of drug-likeness (QED) is 0.151. The van der Waals surface area contributed by atoms with Crippen LogP contribution in [0.1, 0.15) is 39.2 Å². The van der Waals surface area contributed by atoms with Crippen molar-refractivity contribution in [3.63, 3.8) is 0 Å². The average Bonchev–Trinajstić information content (AvgIpc) is 2.52. The zero-order chi connectivity index (χ0) is 17.1. The van der Waals surface area contributed by atoms with Crippen molar-refractivity contribution in [3.8, 4) is 0 Å². The van der Waals surface area contributed by atoms with Gasteiger partial charge in [-0.3, -0.25) is 15.1 Å². The number of halogens is 1. The van der Waals surface area contributed by atoms with Gasteiger partial charge in [0.1, 0.15) is 0 Å². The Balaban J connectivity index is 0.00000529. The summed E-state index contributed by atoms with van der Waals surface area (Å²) >= 11 is 0. The third-order valence-electron chi connectivity index (χ3n) is 3.29. The van der Waals surface area contributed by atoms with Crippen LogP contribution in [0.15, 0.2) is 29.3 Å². The van der Waals surface area contributed by atoms with Crippen LogP contribution in [-0.4, -0.2) is 30.5 Å². The van der Waals surface area contributed by atoms with E-state index in [2.05, 4.69) is 36.4 Å². The van der Waals surface area contributed by atoms with Crippen LogP contribution >= 0.6 is 24.0 Å². The Morgan fingerprint density at radius 2 is 1.88 bits per heavy atom. The summed E-state index contributed by atoms with van der Waals surface area (Å²) < 4.78 is 0. The number of benzene rings is 1. The highest BCUT2D eigenvalue weighted by Gasteiger charge is 2.03. The van der Waals surface area contributed by atoms with E-state index < -0.39 is 0 Å². The van der Waals surface area contributed by atoms with E-state index in [4.69, 9.17) is 0 Å². The predicted octanol–water partition coefficient (Wildman–Crippen LogP) is 3.75. The van der Waals surface area contributed by atoms with Crippen LogP contribution in [0.4, 0.5) is 5.69 Å². The standard InChI is InChI=1S/C17H28N4O2.HI/c1-4-18-17(20-13-14(2)3)19-12-6-5-7-15-8-10-16(11-9-15)21(22)23;/h8-11,14H,4-7,12-13H2,1-3H3,(H2,18,19,20);1H. The summed E-state index contributed by atoms with van der Waals surface area (Å²) in [5.74, 6) is 1.42. The molecule has 0 aliphatic carbocycles. The van der Waals surface area contributed by atoms with Gasteiger partial charge in [-0.15, -0.1) is 24.0 Å². The number of nitro groups is 1. The minimum absolute atomic E-state index is 0. The van der Waals surface area contributed by atoms with Gasteiger partial charge in [0.2, 0.25) is 0 Å². The molecule has 0 fully saturated rings. The Morgan fingerprint density at radius 3 is 2.42 bits per heavy atom. The van der Waals surface area contributed by atoms with E-state index in [0.29, 0.717) is 5.92 Å². The molecule has 0 heterocycles. The van der Waals surface area contributed by atoms with Gasteiger partial charge >= 0.3 is 0 Å². The van der Waals surface area contributed by atoms with E-state index in [1.54, 1.807) is 12.1 Å². The maximum atomic E-state index is 10.6. The lowest BCUT2D eigenvalue weighted by Gasteiger charge is -2.12. The normalized spacial score (nSPS) is 11.1. The SMILES string of the molecule is CCNC(=NCC(C)C)NCCCCc1ccc([N+](=O)[O-])cc1.I. The van der Waals surface area contributed by atoms with Crippen molar-refractivity contribution in [2.75, 3.05) is 19.6 Å². The number of nitro benzene ring substituents is 1. The molecule has 2 N–H and O–H groups in total. The minimum Gasteiger partial charge on any atom is -0.357 e. The Kier molecular flexibility index (Phi) is 12.2. The molecule has 0 aromatic heterocycles. The molecule has 24 heavy (non-hydrogen) atoms. The fraction of sp³-hybridized carbons (Fsp3) is 0.588. The summed E-state index contributed by atoms with van der Waals surface area (Å²) in [6.45, 7) is 8.90. The Labute approximate surface area is 161 Å². The number of hydrogen-bond acceptors (Lipinski definition) is 3. The Morgan fingerprint density at radius 1 is 1.21 bits per heavy atom. The number of hydrogen-bond donors (Lipinski definition) is 2. The van der Waals surface area contributed by atoms with Crippen molar-refractivity contribution in [2.24, 2.45) is 10.9 Å². The van der Waals surface area contributed by atoms with Gasteiger partial charge in [-0.25, -0.2) is 0 Å². The zero-order valence-corrected chi connectivity index (χ0v) is 17.1. The van der Waals surface area contributed by atoms with Crippen LogP contribution in [0.25, 0.3) is 0 Å². The lowest BCUT2D eigenvalue weighted by molar-refractivity contribution is -0.384. The Bertz CT molecular complexity index is 504. The molecule has 136 valence electrons. The summed E-state index contributed by atoms with van der Waals surface area (Å²) in [6.07, 6.45) is 3.00. The van der Waals surface area contributed by atoms with Crippen LogP contribution in [0.5, 0.6) is 0 Å². The molecule has 0 aliphatic rings. The molecule has 1 aromatic carbocycles. The first-order valence-electron chi connectivity index (χ1n) is 8.28. The first kappa shape index (κ1) is 22.6. The zero-order valence-electron chi connectivity index (χ0n) is 14.7. The number of non-ortho nitro benzene ring substituents is 1. The minimum atomic E-state index is -0.369. The van der Waals surface area contributed by atoms with Crippen LogP contribution < -0.4 is 10.6 Å². The van der Waals surface area contributed by atoms with E-state index >= 15 is 0 Å². The van der Waals surface area contributed by atoms with E-state index in [1.165, 1.54) is 0 Å². The van der Waals surface area contributed by atoms with Crippen molar-refractivity contribution in [3.05, 3.63) is 39.9 Å². The fourth-order valence-corrected chi connectivity index (χ4v) is 2.06. The van der Waals surface area contributed by atoms with Crippen molar-refractivity contribution >= 4 is 35.6 Å². The first-order chi connectivity index (χ1) is 11.0. The van der Waals surface area contributed by atoms with Crippen LogP contribution in [0, 0.1) is 16.0 Å². The van der Waals surface area contributed by atoms with E-state index in [9.17, 15) is 10.1 Å². The summed E-state index contributed by atoms with van der Waals surface area (Å²) in [7, 11) is 0. The van der Waals surface area contributed by atoms with Gasteiger partial charge in [-0.05, 0) is 37.7 Å². The molecular weight excluding hydrogens is 419 g/mol. The molecule has 0 atom stereocenters. The second-order valence-corrected chi connectivity index (χ2v) is 5.92. The molecule has 0 bridgehead atoms. The van der Waals surface area contributed by atoms with Crippen molar-refractivity contribution in [2.45, 2.75) is 40.0 Å². The topological polar surface area (TPSA) is 79.6 Å². The molecule has 0 spiro atoms. The molecule has 7 heteroatoms. The fourth-order valence-electron chi connectivity index (χ4n) is 2.06. The second-order valence-electron chi connectivity index (χ2n) is 5.92. The molecule has 0 amide bonds. The number of nitrogens with one attached hydrogen (secondary N) is 2. The third-order valence-corrected chi connectivity index (χ3v) is 3.29. The van der Waals surface area contributed by atoms with Gasteiger partial charge in [0.25, 0.3) is 5.69 Å². The lowest BCUT2D eigenvalue weighted by atomic mass is 10.1. The molecule has 1 rings (SSSR count). The molecular formula is C17H29IN4O2. The molecule has 0 saturated heterocycles.